The van der Waals surface area contributed by atoms with Gasteiger partial charge in [0.05, 0.1) is 11.4 Å². The van der Waals surface area contributed by atoms with Crippen molar-refractivity contribution in [2.75, 3.05) is 9.52 Å². The van der Waals surface area contributed by atoms with Gasteiger partial charge >= 0.3 is 0 Å². The lowest BCUT2D eigenvalue weighted by atomic mass is 10.3. The van der Waals surface area contributed by atoms with Crippen LogP contribution in [0, 0.1) is 6.92 Å². The SMILES string of the molecule is Cc1csc(N(c2ccccc2)S(=O)(=O)CCl)n1. The molecule has 0 N–H and O–H groups in total. The van der Waals surface area contributed by atoms with Crippen LogP contribution in [0.2, 0.25) is 0 Å². The zero-order chi connectivity index (χ0) is 13.2. The largest absolute Gasteiger partial charge is 0.255 e. The van der Waals surface area contributed by atoms with E-state index in [0.717, 1.165) is 5.69 Å². The third-order valence-corrected chi connectivity index (χ3v) is 5.29. The lowest BCUT2D eigenvalue weighted by Crippen LogP contribution is -2.26. The quantitative estimate of drug-likeness (QED) is 0.815. The minimum Gasteiger partial charge on any atom is -0.224 e. The van der Waals surface area contributed by atoms with Crippen LogP contribution >= 0.6 is 22.9 Å². The zero-order valence-electron chi connectivity index (χ0n) is 9.58. The molecular weight excluding hydrogens is 292 g/mol. The van der Waals surface area contributed by atoms with Gasteiger partial charge in [-0.2, -0.15) is 0 Å². The molecule has 18 heavy (non-hydrogen) atoms. The van der Waals surface area contributed by atoms with Crippen molar-refractivity contribution in [3.63, 3.8) is 0 Å². The van der Waals surface area contributed by atoms with Gasteiger partial charge in [0.15, 0.2) is 0 Å². The number of nitrogens with zero attached hydrogens (tertiary/aromatic N) is 2. The summed E-state index contributed by atoms with van der Waals surface area (Å²) >= 11 is 6.81. The highest BCUT2D eigenvalue weighted by Crippen LogP contribution is 2.31. The van der Waals surface area contributed by atoms with E-state index in [1.165, 1.54) is 15.6 Å². The molecule has 0 bridgehead atoms. The second kappa shape index (κ2) is 5.26. The van der Waals surface area contributed by atoms with Crippen molar-refractivity contribution >= 4 is 43.8 Å². The predicted octanol–water partition coefficient (Wildman–Crippen LogP) is 3.12. The number of para-hydroxylation sites is 1. The number of aryl methyl sites for hydroxylation is 1. The number of alkyl halides is 1. The summed E-state index contributed by atoms with van der Waals surface area (Å²) in [5, 5.41) is 1.72. The summed E-state index contributed by atoms with van der Waals surface area (Å²) < 4.78 is 25.3. The van der Waals surface area contributed by atoms with Crippen LogP contribution in [0.25, 0.3) is 0 Å². The molecule has 7 heteroatoms. The average molecular weight is 303 g/mol. The maximum atomic E-state index is 12.1. The van der Waals surface area contributed by atoms with E-state index in [-0.39, 0.29) is 0 Å². The molecule has 0 unspecified atom stereocenters. The van der Waals surface area contributed by atoms with Gasteiger partial charge < -0.3 is 0 Å². The van der Waals surface area contributed by atoms with Crippen LogP contribution in [0.5, 0.6) is 0 Å². The van der Waals surface area contributed by atoms with Gasteiger partial charge in [-0.15, -0.1) is 22.9 Å². The summed E-state index contributed by atoms with van der Waals surface area (Å²) in [6.07, 6.45) is 0. The summed E-state index contributed by atoms with van der Waals surface area (Å²) in [5.74, 6) is 0. The molecule has 2 rings (SSSR count). The fourth-order valence-corrected chi connectivity index (χ4v) is 3.75. The standard InChI is InChI=1S/C11H11ClN2O2S2/c1-9-7-17-11(13-9)14(18(15,16)8-12)10-5-3-2-4-6-10/h2-7H,8H2,1H3. The Balaban J connectivity index is 2.55. The predicted molar refractivity (Wildman–Crippen MR) is 75.1 cm³/mol. The highest BCUT2D eigenvalue weighted by atomic mass is 35.5. The molecule has 4 nitrogen and oxygen atoms in total. The molecule has 0 atom stereocenters. The van der Waals surface area contributed by atoms with Crippen molar-refractivity contribution in [3.05, 3.63) is 41.4 Å². The highest BCUT2D eigenvalue weighted by molar-refractivity contribution is 7.94. The number of thiazole rings is 1. The van der Waals surface area contributed by atoms with Gasteiger partial charge in [-0.25, -0.2) is 17.7 Å². The Kier molecular flexibility index (Phi) is 3.89. The molecule has 2 aromatic rings. The topological polar surface area (TPSA) is 50.3 Å². The van der Waals surface area contributed by atoms with Crippen LogP contribution in [0.15, 0.2) is 35.7 Å². The molecule has 0 saturated carbocycles. The molecule has 0 saturated heterocycles. The highest BCUT2D eigenvalue weighted by Gasteiger charge is 2.25. The van der Waals surface area contributed by atoms with Gasteiger partial charge in [0.2, 0.25) is 5.13 Å². The van der Waals surface area contributed by atoms with Gasteiger partial charge in [-0.1, -0.05) is 18.2 Å². The normalized spacial score (nSPS) is 11.4. The van der Waals surface area contributed by atoms with Crippen LogP contribution in [0.3, 0.4) is 0 Å². The summed E-state index contributed by atoms with van der Waals surface area (Å²) in [7, 11) is -3.61. The Bertz CT molecular complexity index is 626. The first-order valence-electron chi connectivity index (χ1n) is 5.11. The smallest absolute Gasteiger partial charge is 0.224 e. The van der Waals surface area contributed by atoms with Crippen LogP contribution in [0.4, 0.5) is 10.8 Å². The van der Waals surface area contributed by atoms with Gasteiger partial charge in [0, 0.05) is 5.38 Å². The van der Waals surface area contributed by atoms with Crippen LogP contribution in [-0.4, -0.2) is 18.6 Å². The average Bonchev–Trinajstić information content (AvgIpc) is 2.77. The second-order valence-corrected chi connectivity index (χ2v) is 6.83. The molecular formula is C11H11ClN2O2S2. The molecule has 0 amide bonds. The maximum absolute atomic E-state index is 12.1. The fraction of sp³-hybridized carbons (Fsp3) is 0.182. The molecule has 0 spiro atoms. The molecule has 0 aliphatic heterocycles. The first-order valence-corrected chi connectivity index (χ1v) is 8.13. The van der Waals surface area contributed by atoms with Crippen LogP contribution in [0.1, 0.15) is 5.69 Å². The molecule has 96 valence electrons. The van der Waals surface area contributed by atoms with E-state index in [9.17, 15) is 8.42 Å². The Morgan fingerprint density at radius 2 is 2.00 bits per heavy atom. The Labute approximate surface area is 115 Å². The van der Waals surface area contributed by atoms with E-state index < -0.39 is 15.2 Å². The van der Waals surface area contributed by atoms with Crippen molar-refractivity contribution in [1.82, 2.24) is 4.98 Å². The lowest BCUT2D eigenvalue weighted by molar-refractivity contribution is 0.600. The summed E-state index contributed by atoms with van der Waals surface area (Å²) in [6.45, 7) is 1.82. The van der Waals surface area contributed by atoms with Crippen molar-refractivity contribution in [3.8, 4) is 0 Å². The third kappa shape index (κ3) is 2.66. The van der Waals surface area contributed by atoms with Crippen molar-refractivity contribution in [2.45, 2.75) is 6.92 Å². The molecule has 0 fully saturated rings. The first kappa shape index (κ1) is 13.3. The van der Waals surface area contributed by atoms with Gasteiger partial charge in [0.25, 0.3) is 10.0 Å². The minimum absolute atomic E-state index is 0.402. The fourth-order valence-electron chi connectivity index (χ4n) is 1.44. The molecule has 1 aromatic carbocycles. The van der Waals surface area contributed by atoms with Gasteiger partial charge in [-0.3, -0.25) is 0 Å². The molecule has 0 aliphatic carbocycles. The van der Waals surface area contributed by atoms with Gasteiger partial charge in [0.1, 0.15) is 5.21 Å². The Morgan fingerprint density at radius 3 is 2.50 bits per heavy atom. The number of sulfonamides is 1. The van der Waals surface area contributed by atoms with E-state index in [1.807, 2.05) is 13.0 Å². The number of hydrogen-bond donors (Lipinski definition) is 0. The van der Waals surface area contributed by atoms with Crippen molar-refractivity contribution < 1.29 is 8.42 Å². The Morgan fingerprint density at radius 1 is 1.33 bits per heavy atom. The third-order valence-electron chi connectivity index (χ3n) is 2.19. The second-order valence-electron chi connectivity index (χ2n) is 3.59. The molecule has 1 aromatic heterocycles. The van der Waals surface area contributed by atoms with Crippen LogP contribution in [-0.2, 0) is 10.0 Å². The maximum Gasteiger partial charge on any atom is 0.255 e. The molecule has 0 radical (unpaired) electrons. The van der Waals surface area contributed by atoms with Crippen molar-refractivity contribution in [2.24, 2.45) is 0 Å². The number of halogens is 1. The summed E-state index contributed by atoms with van der Waals surface area (Å²) in [4.78, 5) is 4.21. The van der Waals surface area contributed by atoms with Crippen LogP contribution < -0.4 is 4.31 Å². The number of benzene rings is 1. The molecule has 1 heterocycles. The minimum atomic E-state index is -3.61. The lowest BCUT2D eigenvalue weighted by Gasteiger charge is -2.20. The van der Waals surface area contributed by atoms with E-state index >= 15 is 0 Å². The Hall–Kier alpha value is -1.11. The number of aromatic nitrogens is 1. The summed E-state index contributed by atoms with van der Waals surface area (Å²) in [6, 6.07) is 8.78. The molecule has 0 aliphatic rings. The number of rotatable bonds is 4. The number of hydrogen-bond acceptors (Lipinski definition) is 4. The van der Waals surface area contributed by atoms with E-state index in [2.05, 4.69) is 4.98 Å². The van der Waals surface area contributed by atoms with E-state index in [1.54, 1.807) is 29.6 Å². The van der Waals surface area contributed by atoms with Crippen molar-refractivity contribution in [1.29, 1.82) is 0 Å². The zero-order valence-corrected chi connectivity index (χ0v) is 12.0. The summed E-state index contributed by atoms with van der Waals surface area (Å²) in [5.41, 5.74) is 1.31. The first-order chi connectivity index (χ1) is 8.54. The monoisotopic (exact) mass is 302 g/mol. The van der Waals surface area contributed by atoms with Gasteiger partial charge in [-0.05, 0) is 19.1 Å². The number of anilines is 2. The van der Waals surface area contributed by atoms with E-state index in [0.29, 0.717) is 10.8 Å². The van der Waals surface area contributed by atoms with E-state index in [4.69, 9.17) is 11.6 Å².